The van der Waals surface area contributed by atoms with Gasteiger partial charge in [-0.15, -0.1) is 23.1 Å². The lowest BCUT2D eigenvalue weighted by Crippen LogP contribution is -1.98. The number of hydrogen-bond acceptors (Lipinski definition) is 6. The van der Waals surface area contributed by atoms with Crippen LogP contribution in [-0.4, -0.2) is 23.3 Å². The van der Waals surface area contributed by atoms with Crippen molar-refractivity contribution in [3.8, 4) is 11.6 Å². The van der Waals surface area contributed by atoms with Gasteiger partial charge >= 0.3 is 0 Å². The summed E-state index contributed by atoms with van der Waals surface area (Å²) in [4.78, 5) is 12.1. The summed E-state index contributed by atoms with van der Waals surface area (Å²) in [6, 6.07) is 10.0. The molecule has 1 aromatic carbocycles. The van der Waals surface area contributed by atoms with Crippen molar-refractivity contribution in [2.45, 2.75) is 11.8 Å². The van der Waals surface area contributed by atoms with Crippen LogP contribution in [0.15, 0.2) is 35.2 Å². The molecule has 2 heterocycles. The zero-order chi connectivity index (χ0) is 14.8. The number of nitrogens with zero attached hydrogens (tertiary/aromatic N) is 2. The first-order chi connectivity index (χ1) is 10.2. The van der Waals surface area contributed by atoms with Crippen LogP contribution in [0.3, 0.4) is 0 Å². The summed E-state index contributed by atoms with van der Waals surface area (Å²) < 4.78 is 6.06. The summed E-state index contributed by atoms with van der Waals surface area (Å²) in [7, 11) is 1.81. The summed E-state index contributed by atoms with van der Waals surface area (Å²) >= 11 is 3.29. The summed E-state index contributed by atoms with van der Waals surface area (Å²) in [6.07, 6.45) is 2.03. The molecule has 3 rings (SSSR count). The molecule has 0 bridgehead atoms. The Morgan fingerprint density at radius 2 is 2.05 bits per heavy atom. The van der Waals surface area contributed by atoms with Crippen molar-refractivity contribution in [2.75, 3.05) is 18.6 Å². The van der Waals surface area contributed by atoms with Crippen molar-refractivity contribution < 1.29 is 4.74 Å². The maximum absolute atomic E-state index is 6.06. The summed E-state index contributed by atoms with van der Waals surface area (Å²) in [5.41, 5.74) is 0. The van der Waals surface area contributed by atoms with Gasteiger partial charge in [-0.05, 0) is 31.4 Å². The van der Waals surface area contributed by atoms with E-state index in [9.17, 15) is 0 Å². The van der Waals surface area contributed by atoms with Crippen molar-refractivity contribution in [1.82, 2.24) is 9.97 Å². The lowest BCUT2D eigenvalue weighted by Gasteiger charge is -2.10. The SMILES string of the molecule is CNc1nc(Oc2ccccc2SC)c2cc(C)sc2n1. The molecule has 0 amide bonds. The van der Waals surface area contributed by atoms with E-state index in [1.54, 1.807) is 30.1 Å². The average molecular weight is 317 g/mol. The molecular formula is C15H15N3OS2. The molecule has 0 radical (unpaired) electrons. The molecule has 21 heavy (non-hydrogen) atoms. The van der Waals surface area contributed by atoms with Gasteiger partial charge in [-0.1, -0.05) is 12.1 Å². The molecule has 3 aromatic rings. The first kappa shape index (κ1) is 14.2. The van der Waals surface area contributed by atoms with Crippen LogP contribution < -0.4 is 10.1 Å². The molecule has 0 spiro atoms. The minimum absolute atomic E-state index is 0.570. The standard InChI is InChI=1S/C15H15N3OS2/c1-9-8-10-13(17-15(16-2)18-14(10)21-9)19-11-6-4-5-7-12(11)20-3/h4-8H,1-3H3,(H,16,17,18). The van der Waals surface area contributed by atoms with Gasteiger partial charge in [0.1, 0.15) is 10.6 Å². The highest BCUT2D eigenvalue weighted by atomic mass is 32.2. The Morgan fingerprint density at radius 1 is 1.24 bits per heavy atom. The molecule has 1 N–H and O–H groups in total. The summed E-state index contributed by atoms with van der Waals surface area (Å²) in [5, 5.41) is 3.93. The van der Waals surface area contributed by atoms with E-state index >= 15 is 0 Å². The Labute approximate surface area is 131 Å². The van der Waals surface area contributed by atoms with Crippen molar-refractivity contribution >= 4 is 39.3 Å². The normalized spacial score (nSPS) is 10.8. The fraction of sp³-hybridized carbons (Fsp3) is 0.200. The number of rotatable bonds is 4. The molecule has 2 aromatic heterocycles. The number of benzene rings is 1. The van der Waals surface area contributed by atoms with E-state index in [2.05, 4.69) is 28.3 Å². The highest BCUT2D eigenvalue weighted by Gasteiger charge is 2.13. The van der Waals surface area contributed by atoms with Crippen LogP contribution in [0.25, 0.3) is 10.2 Å². The lowest BCUT2D eigenvalue weighted by molar-refractivity contribution is 0.458. The van der Waals surface area contributed by atoms with E-state index < -0.39 is 0 Å². The smallest absolute Gasteiger partial charge is 0.232 e. The number of para-hydroxylation sites is 1. The predicted molar refractivity (Wildman–Crippen MR) is 90.0 cm³/mol. The van der Waals surface area contributed by atoms with Crippen molar-refractivity contribution in [3.63, 3.8) is 0 Å². The molecule has 108 valence electrons. The van der Waals surface area contributed by atoms with Crippen LogP contribution in [0, 0.1) is 6.92 Å². The van der Waals surface area contributed by atoms with Crippen LogP contribution in [0.5, 0.6) is 11.6 Å². The molecule has 0 saturated carbocycles. The van der Waals surface area contributed by atoms with Gasteiger partial charge in [0.2, 0.25) is 11.8 Å². The highest BCUT2D eigenvalue weighted by Crippen LogP contribution is 2.36. The molecule has 0 atom stereocenters. The number of hydrogen-bond donors (Lipinski definition) is 1. The second kappa shape index (κ2) is 5.91. The third-order valence-corrected chi connectivity index (χ3v) is 4.70. The van der Waals surface area contributed by atoms with E-state index in [0.717, 1.165) is 20.9 Å². The zero-order valence-corrected chi connectivity index (χ0v) is 13.6. The largest absolute Gasteiger partial charge is 0.437 e. The topological polar surface area (TPSA) is 47.0 Å². The minimum Gasteiger partial charge on any atom is -0.437 e. The number of fused-ring (bicyclic) bond motifs is 1. The Hall–Kier alpha value is -1.79. The first-order valence-corrected chi connectivity index (χ1v) is 8.52. The van der Waals surface area contributed by atoms with Crippen LogP contribution in [0.1, 0.15) is 4.88 Å². The molecule has 6 heteroatoms. The highest BCUT2D eigenvalue weighted by molar-refractivity contribution is 7.98. The second-order valence-corrected chi connectivity index (χ2v) is 6.51. The number of ether oxygens (including phenoxy) is 1. The second-order valence-electron chi connectivity index (χ2n) is 4.43. The molecule has 0 aliphatic carbocycles. The fourth-order valence-corrected chi connectivity index (χ4v) is 3.41. The molecular weight excluding hydrogens is 302 g/mol. The van der Waals surface area contributed by atoms with Gasteiger partial charge < -0.3 is 10.1 Å². The van der Waals surface area contributed by atoms with Gasteiger partial charge in [0.05, 0.1) is 5.39 Å². The molecule has 0 fully saturated rings. The maximum atomic E-state index is 6.06. The number of thioether (sulfide) groups is 1. The van der Waals surface area contributed by atoms with Crippen molar-refractivity contribution in [3.05, 3.63) is 35.2 Å². The van der Waals surface area contributed by atoms with Gasteiger partial charge in [-0.25, -0.2) is 4.98 Å². The summed E-state index contributed by atoms with van der Waals surface area (Å²) in [5.74, 6) is 1.98. The van der Waals surface area contributed by atoms with Gasteiger partial charge in [-0.2, -0.15) is 4.98 Å². The van der Waals surface area contributed by atoms with E-state index in [4.69, 9.17) is 4.74 Å². The van der Waals surface area contributed by atoms with E-state index in [-0.39, 0.29) is 0 Å². The van der Waals surface area contributed by atoms with Gasteiger partial charge in [0, 0.05) is 16.8 Å². The number of nitrogens with one attached hydrogen (secondary N) is 1. The van der Waals surface area contributed by atoms with Crippen molar-refractivity contribution in [2.24, 2.45) is 0 Å². The number of thiophene rings is 1. The van der Waals surface area contributed by atoms with Crippen molar-refractivity contribution in [1.29, 1.82) is 0 Å². The Bertz CT molecular complexity index is 786. The van der Waals surface area contributed by atoms with E-state index in [1.165, 1.54) is 4.88 Å². The first-order valence-electron chi connectivity index (χ1n) is 6.48. The average Bonchev–Trinajstić information content (AvgIpc) is 2.88. The number of aromatic nitrogens is 2. The Morgan fingerprint density at radius 3 is 2.81 bits per heavy atom. The fourth-order valence-electron chi connectivity index (χ4n) is 2.01. The van der Waals surface area contributed by atoms with E-state index in [1.807, 2.05) is 30.5 Å². The van der Waals surface area contributed by atoms with Gasteiger partial charge in [-0.3, -0.25) is 0 Å². The summed E-state index contributed by atoms with van der Waals surface area (Å²) in [6.45, 7) is 2.06. The molecule has 0 saturated heterocycles. The third-order valence-electron chi connectivity index (χ3n) is 2.98. The molecule has 0 unspecified atom stereocenters. The number of anilines is 1. The number of aryl methyl sites for hydroxylation is 1. The predicted octanol–water partition coefficient (Wildman–Crippen LogP) is 4.56. The zero-order valence-electron chi connectivity index (χ0n) is 12.0. The van der Waals surface area contributed by atoms with Crippen LogP contribution >= 0.6 is 23.1 Å². The molecule has 0 aliphatic heterocycles. The van der Waals surface area contributed by atoms with Crippen LogP contribution in [-0.2, 0) is 0 Å². The molecule has 4 nitrogen and oxygen atoms in total. The Kier molecular flexibility index (Phi) is 3.98. The van der Waals surface area contributed by atoms with Crippen LogP contribution in [0.4, 0.5) is 5.95 Å². The van der Waals surface area contributed by atoms with Gasteiger partial charge in [0.25, 0.3) is 0 Å². The third kappa shape index (κ3) is 2.82. The molecule has 0 aliphatic rings. The quantitative estimate of drug-likeness (QED) is 0.715. The maximum Gasteiger partial charge on any atom is 0.232 e. The Balaban J connectivity index is 2.10. The minimum atomic E-state index is 0.570. The lowest BCUT2D eigenvalue weighted by atomic mass is 10.3. The van der Waals surface area contributed by atoms with E-state index in [0.29, 0.717) is 11.8 Å². The van der Waals surface area contributed by atoms with Crippen LogP contribution in [0.2, 0.25) is 0 Å². The monoisotopic (exact) mass is 317 g/mol. The van der Waals surface area contributed by atoms with Gasteiger partial charge in [0.15, 0.2) is 0 Å².